The molecule has 1 aromatic rings. The van der Waals surface area contributed by atoms with Crippen molar-refractivity contribution in [1.29, 1.82) is 0 Å². The number of hydrogen-bond acceptors (Lipinski definition) is 2. The summed E-state index contributed by atoms with van der Waals surface area (Å²) < 4.78 is 0. The predicted molar refractivity (Wildman–Crippen MR) is 92.0 cm³/mol. The first-order valence-electron chi connectivity index (χ1n) is 7.67. The Balaban J connectivity index is 2.40. The smallest absolute Gasteiger partial charge is 0.248 e. The maximum Gasteiger partial charge on any atom is 0.248 e. The van der Waals surface area contributed by atoms with Gasteiger partial charge in [0.2, 0.25) is 5.91 Å². The van der Waals surface area contributed by atoms with Gasteiger partial charge >= 0.3 is 0 Å². The SMILES string of the molecule is CC(C)(C)C(=O)N1N=C(C(C)(C)C)CC1c1ccc(Cl)cc1. The predicted octanol–water partition coefficient (Wildman–Crippen LogP) is 5.06. The van der Waals surface area contributed by atoms with Crippen LogP contribution in [0, 0.1) is 10.8 Å². The molecular formula is C18H25ClN2O. The van der Waals surface area contributed by atoms with Crippen LogP contribution in [0.25, 0.3) is 0 Å². The Hall–Kier alpha value is -1.35. The molecule has 0 fully saturated rings. The molecule has 1 amide bonds. The van der Waals surface area contributed by atoms with Gasteiger partial charge in [0.05, 0.1) is 6.04 Å². The fraction of sp³-hybridized carbons (Fsp3) is 0.556. The lowest BCUT2D eigenvalue weighted by Gasteiger charge is -2.28. The summed E-state index contributed by atoms with van der Waals surface area (Å²) in [6, 6.07) is 7.66. The highest BCUT2D eigenvalue weighted by molar-refractivity contribution is 6.30. The number of hydrogen-bond donors (Lipinski definition) is 0. The number of nitrogens with zero attached hydrogens (tertiary/aromatic N) is 2. The van der Waals surface area contributed by atoms with Crippen LogP contribution in [0.4, 0.5) is 0 Å². The third kappa shape index (κ3) is 3.52. The molecule has 1 aromatic carbocycles. The fourth-order valence-corrected chi connectivity index (χ4v) is 2.57. The van der Waals surface area contributed by atoms with Crippen LogP contribution >= 0.6 is 11.6 Å². The van der Waals surface area contributed by atoms with Crippen molar-refractivity contribution >= 4 is 23.2 Å². The molecule has 0 radical (unpaired) electrons. The van der Waals surface area contributed by atoms with Crippen molar-refractivity contribution in [3.8, 4) is 0 Å². The summed E-state index contributed by atoms with van der Waals surface area (Å²) in [5.74, 6) is 0.0479. The number of benzene rings is 1. The van der Waals surface area contributed by atoms with Crippen molar-refractivity contribution < 1.29 is 4.79 Å². The molecule has 0 aliphatic carbocycles. The minimum absolute atomic E-state index is 0.0433. The van der Waals surface area contributed by atoms with E-state index in [1.807, 2.05) is 45.0 Å². The average Bonchev–Trinajstić information content (AvgIpc) is 2.82. The van der Waals surface area contributed by atoms with Crippen molar-refractivity contribution in [1.82, 2.24) is 5.01 Å². The standard InChI is InChI=1S/C18H25ClN2O/c1-17(2,3)15-11-14(12-7-9-13(19)10-8-12)21(20-15)16(22)18(4,5)6/h7-10,14H,11H2,1-6H3. The summed E-state index contributed by atoms with van der Waals surface area (Å²) in [4.78, 5) is 12.8. The zero-order chi connectivity index (χ0) is 16.7. The molecule has 1 heterocycles. The molecule has 1 aliphatic rings. The van der Waals surface area contributed by atoms with Gasteiger partial charge in [-0.15, -0.1) is 0 Å². The molecule has 22 heavy (non-hydrogen) atoms. The zero-order valence-corrected chi connectivity index (χ0v) is 15.0. The number of carbonyl (C=O) groups excluding carboxylic acids is 1. The number of hydrazone groups is 1. The molecule has 0 bridgehead atoms. The average molecular weight is 321 g/mol. The van der Waals surface area contributed by atoms with E-state index in [2.05, 4.69) is 25.9 Å². The minimum Gasteiger partial charge on any atom is -0.272 e. The first-order valence-corrected chi connectivity index (χ1v) is 8.05. The molecule has 3 nitrogen and oxygen atoms in total. The largest absolute Gasteiger partial charge is 0.272 e. The summed E-state index contributed by atoms with van der Waals surface area (Å²) in [6.45, 7) is 12.2. The van der Waals surface area contributed by atoms with Gasteiger partial charge in [-0.2, -0.15) is 5.10 Å². The van der Waals surface area contributed by atoms with Gasteiger partial charge in [-0.05, 0) is 17.7 Å². The molecule has 0 spiro atoms. The maximum atomic E-state index is 12.8. The Morgan fingerprint density at radius 3 is 2.14 bits per heavy atom. The number of amides is 1. The second-order valence-corrected chi connectivity index (χ2v) is 8.40. The molecule has 2 rings (SSSR count). The molecule has 4 heteroatoms. The lowest BCUT2D eigenvalue weighted by molar-refractivity contribution is -0.141. The van der Waals surface area contributed by atoms with E-state index in [0.29, 0.717) is 5.02 Å². The Labute approximate surface area is 138 Å². The summed E-state index contributed by atoms with van der Waals surface area (Å²) in [6.07, 6.45) is 0.771. The lowest BCUT2D eigenvalue weighted by atomic mass is 9.85. The van der Waals surface area contributed by atoms with E-state index >= 15 is 0 Å². The highest BCUT2D eigenvalue weighted by atomic mass is 35.5. The van der Waals surface area contributed by atoms with Gasteiger partial charge in [0.15, 0.2) is 0 Å². The minimum atomic E-state index is -0.457. The Kier molecular flexibility index (Phi) is 4.40. The Morgan fingerprint density at radius 1 is 1.14 bits per heavy atom. The van der Waals surface area contributed by atoms with Crippen LogP contribution < -0.4 is 0 Å². The van der Waals surface area contributed by atoms with E-state index in [1.54, 1.807) is 5.01 Å². The van der Waals surface area contributed by atoms with Crippen LogP contribution in [0.1, 0.15) is 59.6 Å². The third-order valence-electron chi connectivity index (χ3n) is 3.88. The summed E-state index contributed by atoms with van der Waals surface area (Å²) in [5.41, 5.74) is 1.63. The van der Waals surface area contributed by atoms with E-state index in [-0.39, 0.29) is 17.4 Å². The van der Waals surface area contributed by atoms with Crippen molar-refractivity contribution in [2.24, 2.45) is 15.9 Å². The summed E-state index contributed by atoms with van der Waals surface area (Å²) >= 11 is 5.98. The topological polar surface area (TPSA) is 32.7 Å². The molecular weight excluding hydrogens is 296 g/mol. The van der Waals surface area contributed by atoms with Crippen LogP contribution in [0.3, 0.4) is 0 Å². The van der Waals surface area contributed by atoms with Crippen LogP contribution in [-0.2, 0) is 4.79 Å². The number of rotatable bonds is 1. The highest BCUT2D eigenvalue weighted by Crippen LogP contribution is 2.38. The van der Waals surface area contributed by atoms with Gasteiger partial charge in [-0.1, -0.05) is 65.3 Å². The number of halogens is 1. The van der Waals surface area contributed by atoms with Gasteiger partial charge < -0.3 is 0 Å². The van der Waals surface area contributed by atoms with E-state index < -0.39 is 5.41 Å². The van der Waals surface area contributed by atoms with Gasteiger partial charge in [-0.25, -0.2) is 5.01 Å². The summed E-state index contributed by atoms with van der Waals surface area (Å²) in [5, 5.41) is 7.05. The maximum absolute atomic E-state index is 12.8. The fourth-order valence-electron chi connectivity index (χ4n) is 2.44. The normalized spacial score (nSPS) is 19.3. The van der Waals surface area contributed by atoms with Gasteiger partial charge in [0.1, 0.15) is 0 Å². The van der Waals surface area contributed by atoms with Crippen LogP contribution in [0.5, 0.6) is 0 Å². The van der Waals surface area contributed by atoms with Crippen LogP contribution in [0.15, 0.2) is 29.4 Å². The van der Waals surface area contributed by atoms with Crippen molar-refractivity contribution in [3.63, 3.8) is 0 Å². The molecule has 0 N–H and O–H groups in total. The Bertz CT molecular complexity index is 591. The quantitative estimate of drug-likeness (QED) is 0.711. The second-order valence-electron chi connectivity index (χ2n) is 7.97. The van der Waals surface area contributed by atoms with Crippen molar-refractivity contribution in [2.75, 3.05) is 0 Å². The molecule has 0 saturated heterocycles. The molecule has 120 valence electrons. The second kappa shape index (κ2) is 5.69. The molecule has 1 atom stereocenters. The lowest BCUT2D eigenvalue weighted by Crippen LogP contribution is -2.36. The molecule has 0 aromatic heterocycles. The van der Waals surface area contributed by atoms with Crippen molar-refractivity contribution in [2.45, 2.75) is 54.0 Å². The van der Waals surface area contributed by atoms with Crippen LogP contribution in [-0.4, -0.2) is 16.6 Å². The zero-order valence-electron chi connectivity index (χ0n) is 14.3. The molecule has 1 aliphatic heterocycles. The highest BCUT2D eigenvalue weighted by Gasteiger charge is 2.40. The van der Waals surface area contributed by atoms with E-state index in [1.165, 1.54) is 0 Å². The van der Waals surface area contributed by atoms with E-state index in [4.69, 9.17) is 11.6 Å². The monoisotopic (exact) mass is 320 g/mol. The summed E-state index contributed by atoms with van der Waals surface area (Å²) in [7, 11) is 0. The molecule has 0 saturated carbocycles. The van der Waals surface area contributed by atoms with E-state index in [9.17, 15) is 4.79 Å². The van der Waals surface area contributed by atoms with Crippen molar-refractivity contribution in [3.05, 3.63) is 34.9 Å². The van der Waals surface area contributed by atoms with E-state index in [0.717, 1.165) is 17.7 Å². The van der Waals surface area contributed by atoms with Gasteiger partial charge in [0.25, 0.3) is 0 Å². The van der Waals surface area contributed by atoms with Gasteiger partial charge in [0, 0.05) is 28.0 Å². The first kappa shape index (κ1) is 17.0. The third-order valence-corrected chi connectivity index (χ3v) is 4.13. The van der Waals surface area contributed by atoms with Crippen LogP contribution in [0.2, 0.25) is 5.02 Å². The first-order chi connectivity index (χ1) is 10.00. The molecule has 1 unspecified atom stereocenters. The number of carbonyl (C=O) groups is 1. The van der Waals surface area contributed by atoms with Gasteiger partial charge in [-0.3, -0.25) is 4.79 Å². The Morgan fingerprint density at radius 2 is 1.68 bits per heavy atom.